The summed E-state index contributed by atoms with van der Waals surface area (Å²) in [5.41, 5.74) is 0.579. The number of alkyl halides is 2. The van der Waals surface area contributed by atoms with Gasteiger partial charge in [-0.2, -0.15) is 0 Å². The summed E-state index contributed by atoms with van der Waals surface area (Å²) in [6, 6.07) is 3.86. The number of benzene rings is 1. The van der Waals surface area contributed by atoms with Gasteiger partial charge in [0, 0.05) is 11.3 Å². The second-order valence-corrected chi connectivity index (χ2v) is 5.54. The maximum atomic E-state index is 12.3. The minimum atomic E-state index is -2.63. The lowest BCUT2D eigenvalue weighted by Crippen LogP contribution is -2.35. The Morgan fingerprint density at radius 2 is 2.13 bits per heavy atom. The Kier molecular flexibility index (Phi) is 5.70. The average Bonchev–Trinajstić information content (AvgIpc) is 2.52. The predicted molar refractivity (Wildman–Crippen MR) is 77.9 cm³/mol. The number of nitro groups is 1. The molecule has 1 saturated carbocycles. The highest BCUT2D eigenvalue weighted by Crippen LogP contribution is 2.38. The van der Waals surface area contributed by atoms with Gasteiger partial charge >= 0.3 is 0 Å². The number of nitrogens with zero attached hydrogens (tertiary/aromatic N) is 1. The molecule has 0 aliphatic heterocycles. The van der Waals surface area contributed by atoms with E-state index in [1.54, 1.807) is 6.07 Å². The van der Waals surface area contributed by atoms with E-state index in [1.807, 2.05) is 0 Å². The number of ether oxygens (including phenoxy) is 2. The molecule has 1 fully saturated rings. The van der Waals surface area contributed by atoms with Crippen LogP contribution in [0, 0.1) is 10.1 Å². The molecule has 0 amide bonds. The van der Waals surface area contributed by atoms with Crippen molar-refractivity contribution in [3.8, 4) is 11.5 Å². The lowest BCUT2D eigenvalue weighted by molar-refractivity contribution is -0.531. The summed E-state index contributed by atoms with van der Waals surface area (Å²) in [4.78, 5) is 10.9. The van der Waals surface area contributed by atoms with Crippen molar-refractivity contribution in [3.05, 3.63) is 33.9 Å². The number of aliphatic hydroxyl groups is 1. The van der Waals surface area contributed by atoms with E-state index in [4.69, 9.17) is 9.47 Å². The highest BCUT2D eigenvalue weighted by atomic mass is 19.3. The Morgan fingerprint density at radius 1 is 1.39 bits per heavy atom. The molecule has 8 heteroatoms. The van der Waals surface area contributed by atoms with Crippen LogP contribution < -0.4 is 9.47 Å². The number of aliphatic hydroxyl groups excluding tert-OH is 1. The van der Waals surface area contributed by atoms with Crippen molar-refractivity contribution in [1.29, 1.82) is 0 Å². The largest absolute Gasteiger partial charge is 0.493 e. The molecule has 0 radical (unpaired) electrons. The summed E-state index contributed by atoms with van der Waals surface area (Å²) in [7, 11) is 1.38. The van der Waals surface area contributed by atoms with E-state index < -0.39 is 31.1 Å². The van der Waals surface area contributed by atoms with E-state index in [2.05, 4.69) is 0 Å². The minimum absolute atomic E-state index is 0.118. The summed E-state index contributed by atoms with van der Waals surface area (Å²) >= 11 is 0. The summed E-state index contributed by atoms with van der Waals surface area (Å²) < 4.78 is 34.8. The molecular weight excluding hydrogens is 312 g/mol. The monoisotopic (exact) mass is 331 g/mol. The molecule has 1 aromatic rings. The Labute approximate surface area is 132 Å². The van der Waals surface area contributed by atoms with Gasteiger partial charge in [0.25, 0.3) is 6.43 Å². The van der Waals surface area contributed by atoms with Crippen molar-refractivity contribution in [2.24, 2.45) is 0 Å². The van der Waals surface area contributed by atoms with E-state index in [0.717, 1.165) is 0 Å². The first-order valence-corrected chi connectivity index (χ1v) is 7.32. The van der Waals surface area contributed by atoms with Crippen LogP contribution in [0.15, 0.2) is 18.2 Å². The predicted octanol–water partition coefficient (Wildman–Crippen LogP) is 2.61. The van der Waals surface area contributed by atoms with Crippen LogP contribution in [0.1, 0.15) is 30.7 Å². The zero-order valence-electron chi connectivity index (χ0n) is 12.7. The maximum absolute atomic E-state index is 12.3. The van der Waals surface area contributed by atoms with Crippen LogP contribution in [0.2, 0.25) is 0 Å². The number of halogens is 2. The molecule has 0 saturated heterocycles. The second-order valence-electron chi connectivity index (χ2n) is 5.54. The molecule has 0 bridgehead atoms. The smallest absolute Gasteiger partial charge is 0.272 e. The SMILES string of the molecule is COc1ccc([C@H]2CC(O)CC[C@H]2[N+](=O)[O-])cc1OCC(F)F. The fourth-order valence-electron chi connectivity index (χ4n) is 2.93. The molecule has 0 heterocycles. The maximum Gasteiger partial charge on any atom is 0.272 e. The summed E-state index contributed by atoms with van der Waals surface area (Å²) in [6.07, 6.45) is -2.33. The standard InChI is InChI=1S/C15H19F2NO5/c1-22-13-5-2-9(6-14(13)23-8-15(16)17)11-7-10(19)3-4-12(11)18(20)21/h2,5-6,10-12,15,19H,3-4,7-8H2,1H3/t10?,11-,12-/m1/s1. The third kappa shape index (κ3) is 4.28. The van der Waals surface area contributed by atoms with Crippen molar-refractivity contribution >= 4 is 0 Å². The van der Waals surface area contributed by atoms with Gasteiger partial charge in [-0.1, -0.05) is 6.07 Å². The zero-order chi connectivity index (χ0) is 17.0. The second kappa shape index (κ2) is 7.54. The van der Waals surface area contributed by atoms with Crippen LogP contribution in [0.5, 0.6) is 11.5 Å². The Morgan fingerprint density at radius 3 is 2.74 bits per heavy atom. The van der Waals surface area contributed by atoms with Crippen molar-refractivity contribution in [3.63, 3.8) is 0 Å². The Bertz CT molecular complexity index is 555. The van der Waals surface area contributed by atoms with E-state index in [1.165, 1.54) is 19.2 Å². The molecule has 1 aliphatic carbocycles. The fourth-order valence-corrected chi connectivity index (χ4v) is 2.93. The molecule has 1 aromatic carbocycles. The number of hydrogen-bond acceptors (Lipinski definition) is 5. The summed E-state index contributed by atoms with van der Waals surface area (Å²) in [5.74, 6) is -0.0931. The van der Waals surface area contributed by atoms with Gasteiger partial charge in [-0.3, -0.25) is 10.1 Å². The van der Waals surface area contributed by atoms with Crippen LogP contribution in [0.25, 0.3) is 0 Å². The van der Waals surface area contributed by atoms with Crippen LogP contribution in [-0.4, -0.2) is 42.3 Å². The lowest BCUT2D eigenvalue weighted by Gasteiger charge is -2.29. The molecule has 0 spiro atoms. The van der Waals surface area contributed by atoms with Crippen LogP contribution in [0.3, 0.4) is 0 Å². The molecule has 1 aliphatic rings. The summed E-state index contributed by atoms with van der Waals surface area (Å²) in [6.45, 7) is -0.786. The van der Waals surface area contributed by atoms with Crippen molar-refractivity contribution in [2.75, 3.05) is 13.7 Å². The van der Waals surface area contributed by atoms with Crippen molar-refractivity contribution in [2.45, 2.75) is 43.8 Å². The van der Waals surface area contributed by atoms with Gasteiger partial charge in [-0.05, 0) is 30.5 Å². The number of methoxy groups -OCH3 is 1. The van der Waals surface area contributed by atoms with Gasteiger partial charge in [0.05, 0.1) is 19.1 Å². The minimum Gasteiger partial charge on any atom is -0.493 e. The molecule has 0 aromatic heterocycles. The van der Waals surface area contributed by atoms with Crippen LogP contribution >= 0.6 is 0 Å². The first kappa shape index (κ1) is 17.4. The van der Waals surface area contributed by atoms with Crippen molar-refractivity contribution in [1.82, 2.24) is 0 Å². The quantitative estimate of drug-likeness (QED) is 0.640. The highest BCUT2D eigenvalue weighted by molar-refractivity contribution is 5.44. The highest BCUT2D eigenvalue weighted by Gasteiger charge is 2.38. The van der Waals surface area contributed by atoms with Gasteiger partial charge in [-0.25, -0.2) is 8.78 Å². The number of rotatable bonds is 6. The van der Waals surface area contributed by atoms with Crippen molar-refractivity contribution < 1.29 is 28.3 Å². The van der Waals surface area contributed by atoms with E-state index in [-0.39, 0.29) is 29.3 Å². The normalized spacial score (nSPS) is 24.5. The van der Waals surface area contributed by atoms with Gasteiger partial charge in [0.1, 0.15) is 6.61 Å². The first-order valence-electron chi connectivity index (χ1n) is 7.32. The average molecular weight is 331 g/mol. The van der Waals surface area contributed by atoms with Crippen LogP contribution in [-0.2, 0) is 0 Å². The van der Waals surface area contributed by atoms with Gasteiger partial charge < -0.3 is 14.6 Å². The Balaban J connectivity index is 2.29. The lowest BCUT2D eigenvalue weighted by atomic mass is 9.79. The van der Waals surface area contributed by atoms with Gasteiger partial charge in [0.2, 0.25) is 6.04 Å². The van der Waals surface area contributed by atoms with E-state index in [9.17, 15) is 24.0 Å². The Hall–Kier alpha value is -1.96. The molecule has 3 atom stereocenters. The first-order chi connectivity index (χ1) is 10.9. The molecule has 1 unspecified atom stereocenters. The zero-order valence-corrected chi connectivity index (χ0v) is 12.7. The third-order valence-electron chi connectivity index (χ3n) is 4.04. The molecule has 2 rings (SSSR count). The summed E-state index contributed by atoms with van der Waals surface area (Å²) in [5, 5.41) is 21.0. The number of hydrogen-bond donors (Lipinski definition) is 1. The van der Waals surface area contributed by atoms with E-state index in [0.29, 0.717) is 12.0 Å². The molecule has 23 heavy (non-hydrogen) atoms. The fraction of sp³-hybridized carbons (Fsp3) is 0.600. The molecule has 6 nitrogen and oxygen atoms in total. The molecular formula is C15H19F2NO5. The van der Waals surface area contributed by atoms with Crippen LogP contribution in [0.4, 0.5) is 8.78 Å². The molecule has 128 valence electrons. The van der Waals surface area contributed by atoms with Gasteiger partial charge in [0.15, 0.2) is 11.5 Å². The topological polar surface area (TPSA) is 81.8 Å². The van der Waals surface area contributed by atoms with E-state index >= 15 is 0 Å². The molecule has 1 N–H and O–H groups in total. The van der Waals surface area contributed by atoms with Gasteiger partial charge in [-0.15, -0.1) is 0 Å². The third-order valence-corrected chi connectivity index (χ3v) is 4.04.